The molecule has 0 saturated carbocycles. The second-order valence-corrected chi connectivity index (χ2v) is 3.87. The maximum atomic E-state index is 11.1. The highest BCUT2D eigenvalue weighted by Gasteiger charge is 1.93. The van der Waals surface area contributed by atoms with Crippen molar-refractivity contribution in [1.29, 1.82) is 0 Å². The van der Waals surface area contributed by atoms with Crippen LogP contribution in [0.4, 0.5) is 0 Å². The zero-order chi connectivity index (χ0) is 11.5. The maximum absolute atomic E-state index is 11.1. The molecule has 86 valence electrons. The summed E-state index contributed by atoms with van der Waals surface area (Å²) in [6, 6.07) is 0. The van der Waals surface area contributed by atoms with Gasteiger partial charge in [0.1, 0.15) is 0 Å². The fourth-order valence-electron chi connectivity index (χ4n) is 1.15. The molecule has 0 N–H and O–H groups in total. The molecule has 0 fully saturated rings. The van der Waals surface area contributed by atoms with Crippen molar-refractivity contribution in [1.82, 2.24) is 4.90 Å². The Kier molecular flexibility index (Phi) is 8.84. The highest BCUT2D eigenvalue weighted by molar-refractivity contribution is 5.87. The van der Waals surface area contributed by atoms with Crippen molar-refractivity contribution in [3.05, 3.63) is 24.3 Å². The number of allylic oxidation sites excluding steroid dienone is 3. The van der Waals surface area contributed by atoms with Crippen molar-refractivity contribution in [2.75, 3.05) is 14.1 Å². The molecule has 2 nitrogen and oxygen atoms in total. The van der Waals surface area contributed by atoms with Crippen LogP contribution in [0.1, 0.15) is 39.0 Å². The van der Waals surface area contributed by atoms with Gasteiger partial charge in [0.15, 0.2) is 0 Å². The average molecular weight is 209 g/mol. The predicted molar refractivity (Wildman–Crippen MR) is 65.7 cm³/mol. The minimum absolute atomic E-state index is 0.0330. The molecule has 1 amide bonds. The summed E-state index contributed by atoms with van der Waals surface area (Å²) in [5, 5.41) is 0. The monoisotopic (exact) mass is 209 g/mol. The number of hydrogen-bond acceptors (Lipinski definition) is 1. The maximum Gasteiger partial charge on any atom is 0.246 e. The molecule has 0 aromatic carbocycles. The van der Waals surface area contributed by atoms with E-state index in [9.17, 15) is 4.79 Å². The van der Waals surface area contributed by atoms with E-state index in [-0.39, 0.29) is 5.91 Å². The lowest BCUT2D eigenvalue weighted by molar-refractivity contribution is -0.123. The zero-order valence-corrected chi connectivity index (χ0v) is 10.2. The normalized spacial score (nSPS) is 11.4. The van der Waals surface area contributed by atoms with E-state index in [2.05, 4.69) is 13.0 Å². The Hall–Kier alpha value is -1.05. The Balaban J connectivity index is 3.49. The van der Waals surface area contributed by atoms with Gasteiger partial charge in [-0.2, -0.15) is 0 Å². The van der Waals surface area contributed by atoms with Gasteiger partial charge in [0.05, 0.1) is 0 Å². The predicted octanol–water partition coefficient (Wildman–Crippen LogP) is 3.16. The van der Waals surface area contributed by atoms with Crippen LogP contribution >= 0.6 is 0 Å². The second-order valence-electron chi connectivity index (χ2n) is 3.87. The van der Waals surface area contributed by atoms with Crippen LogP contribution in [0.2, 0.25) is 0 Å². The van der Waals surface area contributed by atoms with Crippen LogP contribution in [-0.4, -0.2) is 24.9 Å². The molecule has 2 heteroatoms. The lowest BCUT2D eigenvalue weighted by Crippen LogP contribution is -2.18. The lowest BCUT2D eigenvalue weighted by Gasteiger charge is -2.04. The average Bonchev–Trinajstić information content (AvgIpc) is 2.21. The Morgan fingerprint density at radius 2 is 1.87 bits per heavy atom. The first-order valence-electron chi connectivity index (χ1n) is 5.73. The third-order valence-electron chi connectivity index (χ3n) is 2.15. The van der Waals surface area contributed by atoms with E-state index in [4.69, 9.17) is 0 Å². The smallest absolute Gasteiger partial charge is 0.246 e. The van der Waals surface area contributed by atoms with Crippen LogP contribution in [0.15, 0.2) is 24.3 Å². The third-order valence-corrected chi connectivity index (χ3v) is 2.15. The van der Waals surface area contributed by atoms with Gasteiger partial charge in [0.2, 0.25) is 5.91 Å². The molecular weight excluding hydrogens is 186 g/mol. The first-order valence-corrected chi connectivity index (χ1v) is 5.73. The van der Waals surface area contributed by atoms with E-state index in [0.29, 0.717) is 0 Å². The van der Waals surface area contributed by atoms with E-state index in [1.165, 1.54) is 25.7 Å². The fourth-order valence-corrected chi connectivity index (χ4v) is 1.15. The molecule has 0 unspecified atom stereocenters. The number of unbranched alkanes of at least 4 members (excludes halogenated alkanes) is 4. The topological polar surface area (TPSA) is 20.3 Å². The molecule has 0 radical (unpaired) electrons. The van der Waals surface area contributed by atoms with Crippen LogP contribution in [0, 0.1) is 0 Å². The molecular formula is C13H23NO. The summed E-state index contributed by atoms with van der Waals surface area (Å²) in [4.78, 5) is 12.7. The molecule has 0 bridgehead atoms. The molecule has 0 heterocycles. The molecule has 0 atom stereocenters. The van der Waals surface area contributed by atoms with Gasteiger partial charge in [0, 0.05) is 20.2 Å². The number of carbonyl (C=O) groups is 1. The number of hydrogen-bond donors (Lipinski definition) is 0. The van der Waals surface area contributed by atoms with E-state index < -0.39 is 0 Å². The third kappa shape index (κ3) is 9.26. The summed E-state index contributed by atoms with van der Waals surface area (Å²) in [5.41, 5.74) is 0. The molecule has 0 rings (SSSR count). The van der Waals surface area contributed by atoms with Crippen LogP contribution in [0.25, 0.3) is 0 Å². The van der Waals surface area contributed by atoms with E-state index in [0.717, 1.165) is 6.42 Å². The number of amides is 1. The van der Waals surface area contributed by atoms with Crippen molar-refractivity contribution in [2.45, 2.75) is 39.0 Å². The quantitative estimate of drug-likeness (QED) is 0.358. The van der Waals surface area contributed by atoms with Gasteiger partial charge in [-0.05, 0) is 12.8 Å². The Bertz CT molecular complexity index is 217. The molecule has 0 aromatic heterocycles. The molecule has 0 aromatic rings. The van der Waals surface area contributed by atoms with Gasteiger partial charge in [-0.15, -0.1) is 0 Å². The minimum Gasteiger partial charge on any atom is -0.345 e. The Morgan fingerprint density at radius 1 is 1.13 bits per heavy atom. The van der Waals surface area contributed by atoms with Crippen molar-refractivity contribution in [3.63, 3.8) is 0 Å². The minimum atomic E-state index is 0.0330. The zero-order valence-electron chi connectivity index (χ0n) is 10.2. The summed E-state index contributed by atoms with van der Waals surface area (Å²) in [5.74, 6) is 0.0330. The number of nitrogens with zero attached hydrogens (tertiary/aromatic N) is 1. The summed E-state index contributed by atoms with van der Waals surface area (Å²) < 4.78 is 0. The van der Waals surface area contributed by atoms with Crippen molar-refractivity contribution < 1.29 is 4.79 Å². The van der Waals surface area contributed by atoms with Crippen LogP contribution in [-0.2, 0) is 4.79 Å². The van der Waals surface area contributed by atoms with Crippen molar-refractivity contribution in [3.8, 4) is 0 Å². The molecule has 0 spiro atoms. The Labute approximate surface area is 93.7 Å². The van der Waals surface area contributed by atoms with Crippen molar-refractivity contribution >= 4 is 5.91 Å². The fraction of sp³-hybridized carbons (Fsp3) is 0.615. The van der Waals surface area contributed by atoms with Gasteiger partial charge < -0.3 is 4.90 Å². The summed E-state index contributed by atoms with van der Waals surface area (Å²) in [7, 11) is 3.50. The van der Waals surface area contributed by atoms with Gasteiger partial charge >= 0.3 is 0 Å². The first-order chi connectivity index (χ1) is 7.18. The highest BCUT2D eigenvalue weighted by Crippen LogP contribution is 2.02. The molecule has 0 saturated heterocycles. The van der Waals surface area contributed by atoms with Gasteiger partial charge in [-0.1, -0.05) is 44.4 Å². The summed E-state index contributed by atoms with van der Waals surface area (Å²) in [6.07, 6.45) is 13.7. The second kappa shape index (κ2) is 9.50. The lowest BCUT2D eigenvalue weighted by atomic mass is 10.1. The van der Waals surface area contributed by atoms with Crippen molar-refractivity contribution in [2.24, 2.45) is 0 Å². The molecule has 0 aliphatic carbocycles. The molecule has 0 aliphatic rings. The first kappa shape index (κ1) is 13.9. The van der Waals surface area contributed by atoms with Gasteiger partial charge in [-0.25, -0.2) is 0 Å². The van der Waals surface area contributed by atoms with Gasteiger partial charge in [-0.3, -0.25) is 4.79 Å². The van der Waals surface area contributed by atoms with E-state index >= 15 is 0 Å². The number of carbonyl (C=O) groups excluding carboxylic acids is 1. The van der Waals surface area contributed by atoms with Crippen LogP contribution in [0.3, 0.4) is 0 Å². The standard InChI is InChI=1S/C13H23NO/c1-4-5-6-7-8-9-10-11-12-13(15)14(2)3/h9-12H,4-8H2,1-3H3. The van der Waals surface area contributed by atoms with Crippen LogP contribution in [0.5, 0.6) is 0 Å². The van der Waals surface area contributed by atoms with Crippen LogP contribution < -0.4 is 0 Å². The highest BCUT2D eigenvalue weighted by atomic mass is 16.2. The van der Waals surface area contributed by atoms with E-state index in [1.54, 1.807) is 25.1 Å². The summed E-state index contributed by atoms with van der Waals surface area (Å²) >= 11 is 0. The largest absolute Gasteiger partial charge is 0.345 e. The van der Waals surface area contributed by atoms with E-state index in [1.807, 2.05) is 12.2 Å². The SMILES string of the molecule is CCCCCCC=CC=CC(=O)N(C)C. The summed E-state index contributed by atoms with van der Waals surface area (Å²) in [6.45, 7) is 2.21. The number of rotatable bonds is 7. The Morgan fingerprint density at radius 3 is 2.47 bits per heavy atom. The molecule has 15 heavy (non-hydrogen) atoms. The van der Waals surface area contributed by atoms with Gasteiger partial charge in [0.25, 0.3) is 0 Å². The molecule has 0 aliphatic heterocycles. The number of likely N-dealkylation sites (N-methyl/N-ethyl adjacent to an activating group) is 1.